The van der Waals surface area contributed by atoms with E-state index in [2.05, 4.69) is 10.3 Å². The van der Waals surface area contributed by atoms with Crippen LogP contribution in [0.5, 0.6) is 0 Å². The number of pyridine rings is 1. The van der Waals surface area contributed by atoms with Crippen molar-refractivity contribution in [1.29, 1.82) is 0 Å². The topological polar surface area (TPSA) is 79.3 Å². The average molecular weight is 284 g/mol. The molecule has 108 valence electrons. The number of amides is 1. The molecule has 0 spiro atoms. The Morgan fingerprint density at radius 3 is 2.60 bits per heavy atom. The van der Waals surface area contributed by atoms with Gasteiger partial charge in [-0.05, 0) is 25.0 Å². The second-order valence-corrected chi connectivity index (χ2v) is 4.82. The summed E-state index contributed by atoms with van der Waals surface area (Å²) < 4.78 is 26.0. The molecule has 0 unspecified atom stereocenters. The number of carbonyl (C=O) groups is 2. The van der Waals surface area contributed by atoms with Crippen LogP contribution in [0.4, 0.5) is 14.6 Å². The SMILES string of the molecule is O=C(O)c1cccnc1NC(=O)C1CCC(F)(F)CC1. The third kappa shape index (κ3) is 3.28. The smallest absolute Gasteiger partial charge is 0.339 e. The fraction of sp³-hybridized carbons (Fsp3) is 0.462. The zero-order valence-corrected chi connectivity index (χ0v) is 10.6. The zero-order chi connectivity index (χ0) is 14.8. The fourth-order valence-corrected chi connectivity index (χ4v) is 2.20. The number of halogens is 2. The normalized spacial score (nSPS) is 18.5. The van der Waals surface area contributed by atoms with Crippen LogP contribution < -0.4 is 5.32 Å². The lowest BCUT2D eigenvalue weighted by Crippen LogP contribution is -2.32. The molecule has 7 heteroatoms. The molecule has 20 heavy (non-hydrogen) atoms. The standard InChI is InChI=1S/C13H14F2N2O3/c14-13(15)5-3-8(4-6-13)11(18)17-10-9(12(19)20)2-1-7-16-10/h1-2,7-8H,3-6H2,(H,19,20)(H,16,17,18). The lowest BCUT2D eigenvalue weighted by atomic mass is 9.86. The molecule has 1 aromatic heterocycles. The number of hydrogen-bond acceptors (Lipinski definition) is 3. The maximum Gasteiger partial charge on any atom is 0.339 e. The molecule has 0 aromatic carbocycles. The lowest BCUT2D eigenvalue weighted by molar-refractivity contribution is -0.124. The summed E-state index contributed by atoms with van der Waals surface area (Å²) in [6, 6.07) is 2.76. The van der Waals surface area contributed by atoms with Crippen LogP contribution in [-0.4, -0.2) is 27.9 Å². The number of hydrogen-bond donors (Lipinski definition) is 2. The minimum atomic E-state index is -2.70. The molecule has 1 aliphatic rings. The average Bonchev–Trinajstić information content (AvgIpc) is 2.38. The quantitative estimate of drug-likeness (QED) is 0.894. The summed E-state index contributed by atoms with van der Waals surface area (Å²) in [6.45, 7) is 0. The van der Waals surface area contributed by atoms with E-state index >= 15 is 0 Å². The molecular formula is C13H14F2N2O3. The van der Waals surface area contributed by atoms with Gasteiger partial charge in [-0.3, -0.25) is 4.79 Å². The molecule has 5 nitrogen and oxygen atoms in total. The number of carboxylic acids is 1. The number of aromatic carboxylic acids is 1. The molecule has 1 aromatic rings. The Hall–Kier alpha value is -2.05. The maximum atomic E-state index is 13.0. The Bertz CT molecular complexity index is 524. The molecule has 2 N–H and O–H groups in total. The highest BCUT2D eigenvalue weighted by atomic mass is 19.3. The number of rotatable bonds is 3. The van der Waals surface area contributed by atoms with Gasteiger partial charge in [-0.2, -0.15) is 0 Å². The van der Waals surface area contributed by atoms with Crippen molar-refractivity contribution in [3.05, 3.63) is 23.9 Å². The molecule has 2 rings (SSSR count). The Balaban J connectivity index is 2.04. The van der Waals surface area contributed by atoms with Crippen molar-refractivity contribution in [3.63, 3.8) is 0 Å². The molecule has 0 radical (unpaired) electrons. The fourth-order valence-electron chi connectivity index (χ4n) is 2.20. The van der Waals surface area contributed by atoms with Crippen molar-refractivity contribution in [3.8, 4) is 0 Å². The van der Waals surface area contributed by atoms with Gasteiger partial charge in [0.15, 0.2) is 0 Å². The van der Waals surface area contributed by atoms with E-state index in [-0.39, 0.29) is 37.1 Å². The molecule has 0 bridgehead atoms. The molecule has 0 atom stereocenters. The monoisotopic (exact) mass is 284 g/mol. The summed E-state index contributed by atoms with van der Waals surface area (Å²) in [7, 11) is 0. The Morgan fingerprint density at radius 2 is 2.00 bits per heavy atom. The van der Waals surface area contributed by atoms with Gasteiger partial charge in [0, 0.05) is 25.0 Å². The third-order valence-electron chi connectivity index (χ3n) is 3.37. The van der Waals surface area contributed by atoms with E-state index < -0.39 is 23.7 Å². The summed E-state index contributed by atoms with van der Waals surface area (Å²) in [5.74, 6) is -4.94. The first-order valence-electron chi connectivity index (χ1n) is 6.26. The summed E-state index contributed by atoms with van der Waals surface area (Å²) in [6.07, 6.45) is 0.900. The van der Waals surface area contributed by atoms with Crippen LogP contribution in [0.2, 0.25) is 0 Å². The lowest BCUT2D eigenvalue weighted by Gasteiger charge is -2.27. The Labute approximate surface area is 114 Å². The highest BCUT2D eigenvalue weighted by molar-refractivity contribution is 5.99. The highest BCUT2D eigenvalue weighted by Gasteiger charge is 2.37. The second kappa shape index (κ2) is 5.52. The summed E-state index contributed by atoms with van der Waals surface area (Å²) in [4.78, 5) is 26.7. The van der Waals surface area contributed by atoms with Gasteiger partial charge in [-0.1, -0.05) is 0 Å². The van der Waals surface area contributed by atoms with E-state index in [9.17, 15) is 18.4 Å². The number of carboxylic acid groups (broad SMARTS) is 1. The predicted molar refractivity (Wildman–Crippen MR) is 66.7 cm³/mol. The van der Waals surface area contributed by atoms with Crippen LogP contribution in [0.1, 0.15) is 36.0 Å². The Morgan fingerprint density at radius 1 is 1.35 bits per heavy atom. The molecule has 0 saturated heterocycles. The van der Waals surface area contributed by atoms with E-state index in [1.807, 2.05) is 0 Å². The van der Waals surface area contributed by atoms with Gasteiger partial charge < -0.3 is 10.4 Å². The number of nitrogens with zero attached hydrogens (tertiary/aromatic N) is 1. The Kier molecular flexibility index (Phi) is 3.96. The van der Waals surface area contributed by atoms with E-state index in [1.54, 1.807) is 0 Å². The van der Waals surface area contributed by atoms with Crippen molar-refractivity contribution in [2.75, 3.05) is 5.32 Å². The number of carbonyl (C=O) groups excluding carboxylic acids is 1. The molecule has 1 fully saturated rings. The van der Waals surface area contributed by atoms with Crippen molar-refractivity contribution in [2.24, 2.45) is 5.92 Å². The van der Waals surface area contributed by atoms with Crippen LogP contribution in [0.3, 0.4) is 0 Å². The van der Waals surface area contributed by atoms with Gasteiger partial charge in [-0.15, -0.1) is 0 Å². The van der Waals surface area contributed by atoms with Crippen LogP contribution >= 0.6 is 0 Å². The van der Waals surface area contributed by atoms with Gasteiger partial charge in [0.2, 0.25) is 11.8 Å². The van der Waals surface area contributed by atoms with E-state index in [0.717, 1.165) is 0 Å². The largest absolute Gasteiger partial charge is 0.478 e. The molecule has 1 saturated carbocycles. The minimum Gasteiger partial charge on any atom is -0.478 e. The van der Waals surface area contributed by atoms with Crippen LogP contribution in [0.15, 0.2) is 18.3 Å². The maximum absolute atomic E-state index is 13.0. The molecule has 1 amide bonds. The summed E-state index contributed by atoms with van der Waals surface area (Å²) in [5, 5.41) is 11.4. The zero-order valence-electron chi connectivity index (χ0n) is 10.6. The van der Waals surface area contributed by atoms with E-state index in [0.29, 0.717) is 0 Å². The predicted octanol–water partition coefficient (Wildman–Crippen LogP) is 2.54. The number of alkyl halides is 2. The van der Waals surface area contributed by atoms with Gasteiger partial charge in [0.1, 0.15) is 11.4 Å². The van der Waals surface area contributed by atoms with E-state index in [4.69, 9.17) is 5.11 Å². The molecule has 1 heterocycles. The van der Waals surface area contributed by atoms with Crippen LogP contribution in [0, 0.1) is 5.92 Å². The summed E-state index contributed by atoms with van der Waals surface area (Å²) in [5.41, 5.74) is -0.123. The van der Waals surface area contributed by atoms with Gasteiger partial charge in [0.05, 0.1) is 0 Å². The van der Waals surface area contributed by atoms with Gasteiger partial charge in [-0.25, -0.2) is 18.6 Å². The highest BCUT2D eigenvalue weighted by Crippen LogP contribution is 2.36. The molecule has 1 aliphatic carbocycles. The van der Waals surface area contributed by atoms with Crippen molar-refractivity contribution >= 4 is 17.7 Å². The van der Waals surface area contributed by atoms with Gasteiger partial charge >= 0.3 is 5.97 Å². The van der Waals surface area contributed by atoms with Crippen molar-refractivity contribution < 1.29 is 23.5 Å². The van der Waals surface area contributed by atoms with Gasteiger partial charge in [0.25, 0.3) is 0 Å². The summed E-state index contributed by atoms with van der Waals surface area (Å²) >= 11 is 0. The van der Waals surface area contributed by atoms with Crippen molar-refractivity contribution in [1.82, 2.24) is 4.98 Å². The third-order valence-corrected chi connectivity index (χ3v) is 3.37. The number of nitrogens with one attached hydrogen (secondary N) is 1. The molecule has 0 aliphatic heterocycles. The molecular weight excluding hydrogens is 270 g/mol. The van der Waals surface area contributed by atoms with Crippen LogP contribution in [0.25, 0.3) is 0 Å². The first-order chi connectivity index (χ1) is 9.39. The van der Waals surface area contributed by atoms with E-state index in [1.165, 1.54) is 18.3 Å². The minimum absolute atomic E-state index is 0.0534. The first-order valence-corrected chi connectivity index (χ1v) is 6.26. The number of anilines is 1. The van der Waals surface area contributed by atoms with Crippen molar-refractivity contribution in [2.45, 2.75) is 31.6 Å². The second-order valence-electron chi connectivity index (χ2n) is 4.82. The van der Waals surface area contributed by atoms with Crippen LogP contribution in [-0.2, 0) is 4.79 Å². The first kappa shape index (κ1) is 14.4. The number of aromatic nitrogens is 1.